The Morgan fingerprint density at radius 1 is 1.14 bits per heavy atom. The summed E-state index contributed by atoms with van der Waals surface area (Å²) in [6.07, 6.45) is 2.08. The average molecular weight is 430 g/mol. The lowest BCUT2D eigenvalue weighted by Crippen LogP contribution is -2.50. The molecule has 2 heterocycles. The van der Waals surface area contributed by atoms with Gasteiger partial charge in [-0.3, -0.25) is 4.79 Å². The molecule has 1 fully saturated rings. The van der Waals surface area contributed by atoms with E-state index < -0.39 is 0 Å². The molecule has 0 aliphatic carbocycles. The quantitative estimate of drug-likeness (QED) is 0.556. The fourth-order valence-corrected chi connectivity index (χ4v) is 4.96. The Balaban J connectivity index is 1.33. The second kappa shape index (κ2) is 8.92. The predicted molar refractivity (Wildman–Crippen MR) is 119 cm³/mol. The number of rotatable bonds is 6. The molecule has 0 saturated carbocycles. The maximum absolute atomic E-state index is 12.5. The number of nitrogens with zero attached hydrogens (tertiary/aromatic N) is 3. The molecule has 0 bridgehead atoms. The smallest absolute Gasteiger partial charge is 0.260 e. The molecule has 0 radical (unpaired) electrons. The summed E-state index contributed by atoms with van der Waals surface area (Å²) in [6, 6.07) is 13.6. The molecule has 1 aliphatic heterocycles. The Bertz CT molecular complexity index is 1000. The molecule has 6 nitrogen and oxygen atoms in total. The Hall–Kier alpha value is -2.45. The van der Waals surface area contributed by atoms with Gasteiger partial charge >= 0.3 is 0 Å². The van der Waals surface area contributed by atoms with Crippen LogP contribution in [0.5, 0.6) is 11.5 Å². The summed E-state index contributed by atoms with van der Waals surface area (Å²) in [5.74, 6) is 1.35. The van der Waals surface area contributed by atoms with Crippen molar-refractivity contribution in [3.63, 3.8) is 0 Å². The number of amides is 1. The molecule has 4 rings (SSSR count). The highest BCUT2D eigenvalue weighted by Gasteiger charge is 2.23. The van der Waals surface area contributed by atoms with Crippen LogP contribution in [0.4, 0.5) is 5.13 Å². The number of thiazole rings is 1. The van der Waals surface area contributed by atoms with Crippen LogP contribution in [-0.4, -0.2) is 61.9 Å². The minimum absolute atomic E-state index is 0.00133. The van der Waals surface area contributed by atoms with Crippen molar-refractivity contribution in [1.29, 1.82) is 0 Å². The molecule has 1 aliphatic rings. The van der Waals surface area contributed by atoms with Crippen molar-refractivity contribution in [2.24, 2.45) is 0 Å². The van der Waals surface area contributed by atoms with Crippen LogP contribution in [0, 0.1) is 0 Å². The minimum atomic E-state index is 0.00133. The largest absolute Gasteiger partial charge is 0.497 e. The molecule has 0 spiro atoms. The third-order valence-electron chi connectivity index (χ3n) is 4.90. The number of piperazine rings is 1. The highest BCUT2D eigenvalue weighted by Crippen LogP contribution is 2.34. The topological polar surface area (TPSA) is 54.9 Å². The summed E-state index contributed by atoms with van der Waals surface area (Å²) in [4.78, 5) is 22.7. The standard InChI is InChI=1S/C21H23N3O3S2/c1-26-15-5-3-6-16(13-15)27-14-19(25)23-9-11-24(12-10-23)21-22-20-17(28-2)7-4-8-18(20)29-21/h3-8,13H,9-12,14H2,1-2H3. The van der Waals surface area contributed by atoms with Crippen molar-refractivity contribution in [3.8, 4) is 11.5 Å². The number of hydrogen-bond acceptors (Lipinski definition) is 7. The van der Waals surface area contributed by atoms with Gasteiger partial charge in [0.2, 0.25) is 0 Å². The zero-order chi connectivity index (χ0) is 20.2. The highest BCUT2D eigenvalue weighted by molar-refractivity contribution is 7.98. The zero-order valence-corrected chi connectivity index (χ0v) is 18.1. The maximum atomic E-state index is 12.5. The van der Waals surface area contributed by atoms with Gasteiger partial charge in [-0.05, 0) is 30.5 Å². The summed E-state index contributed by atoms with van der Waals surface area (Å²) in [5.41, 5.74) is 1.07. The lowest BCUT2D eigenvalue weighted by molar-refractivity contribution is -0.133. The number of aromatic nitrogens is 1. The Kier molecular flexibility index (Phi) is 6.10. The van der Waals surface area contributed by atoms with Gasteiger partial charge in [-0.2, -0.15) is 0 Å². The molecule has 29 heavy (non-hydrogen) atoms. The van der Waals surface area contributed by atoms with Crippen LogP contribution >= 0.6 is 23.1 Å². The number of methoxy groups -OCH3 is 1. The van der Waals surface area contributed by atoms with Gasteiger partial charge in [-0.1, -0.05) is 23.5 Å². The first kappa shape index (κ1) is 19.8. The van der Waals surface area contributed by atoms with Crippen LogP contribution in [0.3, 0.4) is 0 Å². The third-order valence-corrected chi connectivity index (χ3v) is 6.75. The number of thioether (sulfide) groups is 1. The predicted octanol–water partition coefficient (Wildman–Crippen LogP) is 3.75. The number of hydrogen-bond donors (Lipinski definition) is 0. The number of anilines is 1. The van der Waals surface area contributed by atoms with E-state index in [9.17, 15) is 4.79 Å². The number of fused-ring (bicyclic) bond motifs is 1. The molecule has 8 heteroatoms. The van der Waals surface area contributed by atoms with E-state index in [4.69, 9.17) is 14.5 Å². The molecular formula is C21H23N3O3S2. The minimum Gasteiger partial charge on any atom is -0.497 e. The molecule has 3 aromatic rings. The summed E-state index contributed by atoms with van der Waals surface area (Å²) >= 11 is 3.43. The van der Waals surface area contributed by atoms with E-state index in [0.29, 0.717) is 24.6 Å². The Labute approximate surface area is 178 Å². The number of carbonyl (C=O) groups excluding carboxylic acids is 1. The van der Waals surface area contributed by atoms with Crippen LogP contribution in [0.25, 0.3) is 10.2 Å². The van der Waals surface area contributed by atoms with Crippen molar-refractivity contribution < 1.29 is 14.3 Å². The second-order valence-electron chi connectivity index (χ2n) is 6.64. The van der Waals surface area contributed by atoms with E-state index >= 15 is 0 Å². The van der Waals surface area contributed by atoms with Crippen molar-refractivity contribution in [2.75, 3.05) is 51.1 Å². The summed E-state index contributed by atoms with van der Waals surface area (Å²) < 4.78 is 12.0. The van der Waals surface area contributed by atoms with Crippen LogP contribution in [0.2, 0.25) is 0 Å². The molecule has 1 saturated heterocycles. The molecule has 0 atom stereocenters. The van der Waals surface area contributed by atoms with Crippen molar-refractivity contribution in [3.05, 3.63) is 42.5 Å². The van der Waals surface area contributed by atoms with Crippen LogP contribution in [0.15, 0.2) is 47.4 Å². The fourth-order valence-electron chi connectivity index (χ4n) is 3.29. The Morgan fingerprint density at radius 2 is 1.90 bits per heavy atom. The zero-order valence-electron chi connectivity index (χ0n) is 16.5. The van der Waals surface area contributed by atoms with Gasteiger partial charge in [0.25, 0.3) is 5.91 Å². The maximum Gasteiger partial charge on any atom is 0.260 e. The van der Waals surface area contributed by atoms with Crippen molar-refractivity contribution >= 4 is 44.4 Å². The molecular weight excluding hydrogens is 406 g/mol. The van der Waals surface area contributed by atoms with Gasteiger partial charge in [0.1, 0.15) is 11.5 Å². The molecule has 2 aromatic carbocycles. The molecule has 1 amide bonds. The lowest BCUT2D eigenvalue weighted by atomic mass is 10.3. The van der Waals surface area contributed by atoms with Gasteiger partial charge in [0, 0.05) is 37.1 Å². The number of ether oxygens (including phenoxy) is 2. The van der Waals surface area contributed by atoms with E-state index in [-0.39, 0.29) is 12.5 Å². The van der Waals surface area contributed by atoms with Gasteiger partial charge in [0.05, 0.1) is 17.3 Å². The average Bonchev–Trinajstić information content (AvgIpc) is 3.22. The molecule has 152 valence electrons. The molecule has 1 aromatic heterocycles. The number of para-hydroxylation sites is 1. The van der Waals surface area contributed by atoms with Crippen LogP contribution in [0.1, 0.15) is 0 Å². The summed E-state index contributed by atoms with van der Waals surface area (Å²) in [5, 5.41) is 1.03. The summed E-state index contributed by atoms with van der Waals surface area (Å²) in [7, 11) is 1.61. The van der Waals surface area contributed by atoms with E-state index in [1.165, 1.54) is 9.60 Å². The SMILES string of the molecule is COc1cccc(OCC(=O)N2CCN(c3nc4c(SC)cccc4s3)CC2)c1. The van der Waals surface area contributed by atoms with E-state index in [0.717, 1.165) is 23.7 Å². The first-order valence-electron chi connectivity index (χ1n) is 9.41. The fraction of sp³-hybridized carbons (Fsp3) is 0.333. The van der Waals surface area contributed by atoms with Crippen LogP contribution in [-0.2, 0) is 4.79 Å². The van der Waals surface area contributed by atoms with Crippen molar-refractivity contribution in [1.82, 2.24) is 9.88 Å². The highest BCUT2D eigenvalue weighted by atomic mass is 32.2. The molecule has 0 N–H and O–H groups in total. The van der Waals surface area contributed by atoms with E-state index in [1.54, 1.807) is 36.3 Å². The van der Waals surface area contributed by atoms with Crippen LogP contribution < -0.4 is 14.4 Å². The van der Waals surface area contributed by atoms with Gasteiger partial charge in [-0.25, -0.2) is 4.98 Å². The first-order chi connectivity index (χ1) is 14.2. The number of carbonyl (C=O) groups is 1. The van der Waals surface area contributed by atoms with Crippen molar-refractivity contribution in [2.45, 2.75) is 4.90 Å². The first-order valence-corrected chi connectivity index (χ1v) is 11.4. The van der Waals surface area contributed by atoms with E-state index in [2.05, 4.69) is 29.4 Å². The Morgan fingerprint density at radius 3 is 2.66 bits per heavy atom. The van der Waals surface area contributed by atoms with Gasteiger partial charge in [0.15, 0.2) is 11.7 Å². The lowest BCUT2D eigenvalue weighted by Gasteiger charge is -2.34. The van der Waals surface area contributed by atoms with E-state index in [1.807, 2.05) is 23.1 Å². The summed E-state index contributed by atoms with van der Waals surface area (Å²) in [6.45, 7) is 2.93. The number of benzene rings is 2. The van der Waals surface area contributed by atoms with Gasteiger partial charge < -0.3 is 19.3 Å². The van der Waals surface area contributed by atoms with Gasteiger partial charge in [-0.15, -0.1) is 11.8 Å². The monoisotopic (exact) mass is 429 g/mol. The second-order valence-corrected chi connectivity index (χ2v) is 8.50. The normalized spacial score (nSPS) is 14.3. The third kappa shape index (κ3) is 4.43. The molecule has 0 unspecified atom stereocenters.